The van der Waals surface area contributed by atoms with E-state index in [1.807, 2.05) is 30.0 Å². The molecule has 1 fully saturated rings. The van der Waals surface area contributed by atoms with Gasteiger partial charge in [0, 0.05) is 18.7 Å². The Morgan fingerprint density at radius 2 is 1.95 bits per heavy atom. The van der Waals surface area contributed by atoms with Crippen molar-refractivity contribution in [2.75, 3.05) is 13.1 Å². The van der Waals surface area contributed by atoms with Gasteiger partial charge in [0.2, 0.25) is 3.79 Å². The number of benzene rings is 1. The van der Waals surface area contributed by atoms with Crippen LogP contribution in [0.3, 0.4) is 0 Å². The summed E-state index contributed by atoms with van der Waals surface area (Å²) in [6.45, 7) is 3.59. The summed E-state index contributed by atoms with van der Waals surface area (Å²) in [5.74, 6) is -0.225. The first-order chi connectivity index (χ1) is 9.38. The molecule has 0 radical (unpaired) electrons. The summed E-state index contributed by atoms with van der Waals surface area (Å²) in [6, 6.07) is 7.34. The largest absolute Gasteiger partial charge is 0.332 e. The Morgan fingerprint density at radius 3 is 2.50 bits per heavy atom. The number of carbonyl (C=O) groups excluding carboxylic acids is 1. The summed E-state index contributed by atoms with van der Waals surface area (Å²) in [7, 11) is 0. The number of rotatable bonds is 3. The zero-order valence-electron chi connectivity index (χ0n) is 11.2. The lowest BCUT2D eigenvalue weighted by Gasteiger charge is -2.33. The van der Waals surface area contributed by atoms with Crippen LogP contribution in [0.15, 0.2) is 24.3 Å². The minimum atomic E-state index is -1.55. The topological polar surface area (TPSA) is 32.3 Å². The van der Waals surface area contributed by atoms with E-state index in [1.165, 1.54) is 0 Å². The Hall–Kier alpha value is -0.480. The molecule has 0 aromatic heterocycles. The van der Waals surface area contributed by atoms with Crippen LogP contribution in [0.25, 0.3) is 0 Å². The van der Waals surface area contributed by atoms with Gasteiger partial charge < -0.3 is 5.32 Å². The molecule has 2 rings (SSSR count). The third kappa shape index (κ3) is 4.01. The summed E-state index contributed by atoms with van der Waals surface area (Å²) < 4.78 is -1.55. The normalized spacial score (nSPS) is 18.0. The molecule has 20 heavy (non-hydrogen) atoms. The first-order valence-electron chi connectivity index (χ1n) is 6.56. The van der Waals surface area contributed by atoms with E-state index in [9.17, 15) is 4.79 Å². The van der Waals surface area contributed by atoms with Crippen LogP contribution in [0.1, 0.15) is 28.8 Å². The van der Waals surface area contributed by atoms with Crippen molar-refractivity contribution in [3.05, 3.63) is 35.4 Å². The van der Waals surface area contributed by atoms with Gasteiger partial charge >= 0.3 is 0 Å². The van der Waals surface area contributed by atoms with Gasteiger partial charge in [-0.2, -0.15) is 0 Å². The molecule has 110 valence electrons. The number of halogens is 3. The highest BCUT2D eigenvalue weighted by Gasteiger charge is 2.39. The lowest BCUT2D eigenvalue weighted by molar-refractivity contribution is 0.0874. The predicted octanol–water partition coefficient (Wildman–Crippen LogP) is 3.52. The van der Waals surface area contributed by atoms with Gasteiger partial charge in [-0.25, -0.2) is 0 Å². The van der Waals surface area contributed by atoms with Gasteiger partial charge in [-0.1, -0.05) is 52.5 Å². The maximum Gasteiger partial charge on any atom is 0.252 e. The Morgan fingerprint density at radius 1 is 1.30 bits per heavy atom. The minimum Gasteiger partial charge on any atom is -0.332 e. The summed E-state index contributed by atoms with van der Waals surface area (Å²) >= 11 is 18.0. The molecule has 1 saturated heterocycles. The second-order valence-electron chi connectivity index (χ2n) is 5.03. The van der Waals surface area contributed by atoms with Crippen LogP contribution in [-0.2, 0) is 0 Å². The first-order valence-corrected chi connectivity index (χ1v) is 7.69. The number of aryl methyl sites for hydroxylation is 1. The molecule has 1 aromatic carbocycles. The highest BCUT2D eigenvalue weighted by Crippen LogP contribution is 2.33. The van der Waals surface area contributed by atoms with Gasteiger partial charge in [-0.3, -0.25) is 9.69 Å². The van der Waals surface area contributed by atoms with Crippen molar-refractivity contribution in [3.8, 4) is 0 Å². The van der Waals surface area contributed by atoms with E-state index in [0.29, 0.717) is 5.56 Å². The number of amides is 1. The van der Waals surface area contributed by atoms with Gasteiger partial charge in [0.05, 0.1) is 0 Å². The molecule has 1 heterocycles. The maximum atomic E-state index is 12.3. The monoisotopic (exact) mass is 334 g/mol. The summed E-state index contributed by atoms with van der Waals surface area (Å²) in [4.78, 5) is 14.3. The summed E-state index contributed by atoms with van der Waals surface area (Å²) in [5.41, 5.74) is 1.59. The summed E-state index contributed by atoms with van der Waals surface area (Å²) in [5, 5.41) is 2.83. The number of carbonyl (C=O) groups is 1. The molecule has 0 aliphatic carbocycles. The van der Waals surface area contributed by atoms with Crippen LogP contribution in [0.4, 0.5) is 0 Å². The Balaban J connectivity index is 2.13. The number of nitrogens with one attached hydrogen (secondary N) is 1. The fraction of sp³-hybridized carbons (Fsp3) is 0.500. The first kappa shape index (κ1) is 15.9. The number of hydrogen-bond acceptors (Lipinski definition) is 2. The Kier molecular flexibility index (Phi) is 5.19. The highest BCUT2D eigenvalue weighted by atomic mass is 35.6. The van der Waals surface area contributed by atoms with Crippen molar-refractivity contribution in [2.45, 2.75) is 29.7 Å². The van der Waals surface area contributed by atoms with Crippen molar-refractivity contribution >= 4 is 40.7 Å². The van der Waals surface area contributed by atoms with Crippen LogP contribution >= 0.6 is 34.8 Å². The maximum absolute atomic E-state index is 12.3. The molecule has 1 N–H and O–H groups in total. The van der Waals surface area contributed by atoms with Crippen LogP contribution in [-0.4, -0.2) is 33.9 Å². The van der Waals surface area contributed by atoms with E-state index >= 15 is 0 Å². The number of likely N-dealkylation sites (tertiary alicyclic amines) is 1. The molecule has 3 nitrogen and oxygen atoms in total. The molecular formula is C14H17Cl3N2O. The van der Waals surface area contributed by atoms with Crippen LogP contribution in [0, 0.1) is 6.92 Å². The van der Waals surface area contributed by atoms with Crippen LogP contribution in [0.5, 0.6) is 0 Å². The van der Waals surface area contributed by atoms with E-state index in [4.69, 9.17) is 34.8 Å². The fourth-order valence-electron chi connectivity index (χ4n) is 2.37. The average molecular weight is 336 g/mol. The molecule has 1 aliphatic heterocycles. The number of hydrogen-bond donors (Lipinski definition) is 1. The standard InChI is InChI=1S/C14H17Cl3N2O/c1-10-5-4-6-11(9-10)12(20)18-13(14(15,16)17)19-7-2-3-8-19/h4-6,9,13H,2-3,7-8H2,1H3,(H,18,20)/t13-/m0/s1. The molecule has 0 saturated carbocycles. The second-order valence-corrected chi connectivity index (χ2v) is 7.40. The highest BCUT2D eigenvalue weighted by molar-refractivity contribution is 6.68. The Bertz CT molecular complexity index is 482. The predicted molar refractivity (Wildman–Crippen MR) is 83.5 cm³/mol. The Labute approximate surface area is 134 Å². The zero-order valence-corrected chi connectivity index (χ0v) is 13.5. The molecule has 1 amide bonds. The number of nitrogens with zero attached hydrogens (tertiary/aromatic N) is 1. The van der Waals surface area contributed by atoms with E-state index in [-0.39, 0.29) is 5.91 Å². The third-order valence-electron chi connectivity index (χ3n) is 3.36. The molecule has 1 aromatic rings. The minimum absolute atomic E-state index is 0.225. The van der Waals surface area contributed by atoms with Crippen molar-refractivity contribution < 1.29 is 4.79 Å². The molecule has 0 bridgehead atoms. The summed E-state index contributed by atoms with van der Waals surface area (Å²) in [6.07, 6.45) is 1.50. The molecule has 1 aliphatic rings. The number of alkyl halides is 3. The molecule has 0 spiro atoms. The smallest absolute Gasteiger partial charge is 0.252 e. The van der Waals surface area contributed by atoms with E-state index in [1.54, 1.807) is 6.07 Å². The SMILES string of the molecule is Cc1cccc(C(=O)N[C@@H](N2CCCC2)C(Cl)(Cl)Cl)c1. The molecule has 1 atom stereocenters. The van der Waals surface area contributed by atoms with Gasteiger partial charge in [0.15, 0.2) is 0 Å². The van der Waals surface area contributed by atoms with Gasteiger partial charge in [-0.05, 0) is 31.9 Å². The molecule has 6 heteroatoms. The van der Waals surface area contributed by atoms with E-state index in [0.717, 1.165) is 31.5 Å². The van der Waals surface area contributed by atoms with Crippen molar-refractivity contribution in [2.24, 2.45) is 0 Å². The molecule has 0 unspecified atom stereocenters. The lowest BCUT2D eigenvalue weighted by atomic mass is 10.1. The van der Waals surface area contributed by atoms with Gasteiger partial charge in [0.1, 0.15) is 6.17 Å². The van der Waals surface area contributed by atoms with Crippen LogP contribution in [0.2, 0.25) is 0 Å². The third-order valence-corrected chi connectivity index (χ3v) is 3.98. The van der Waals surface area contributed by atoms with E-state index in [2.05, 4.69) is 5.32 Å². The molecular weight excluding hydrogens is 319 g/mol. The van der Waals surface area contributed by atoms with Crippen molar-refractivity contribution in [1.29, 1.82) is 0 Å². The second kappa shape index (κ2) is 6.52. The fourth-order valence-corrected chi connectivity index (χ4v) is 2.95. The van der Waals surface area contributed by atoms with Crippen LogP contribution < -0.4 is 5.32 Å². The van der Waals surface area contributed by atoms with Crippen molar-refractivity contribution in [3.63, 3.8) is 0 Å². The lowest BCUT2D eigenvalue weighted by Crippen LogP contribution is -2.54. The average Bonchev–Trinajstić information content (AvgIpc) is 2.87. The van der Waals surface area contributed by atoms with Gasteiger partial charge in [0.25, 0.3) is 5.91 Å². The van der Waals surface area contributed by atoms with Crippen molar-refractivity contribution in [1.82, 2.24) is 10.2 Å². The van der Waals surface area contributed by atoms with Gasteiger partial charge in [-0.15, -0.1) is 0 Å². The zero-order chi connectivity index (χ0) is 14.8. The quantitative estimate of drug-likeness (QED) is 0.857. The van der Waals surface area contributed by atoms with E-state index < -0.39 is 9.96 Å².